The maximum absolute atomic E-state index is 11.9. The summed E-state index contributed by atoms with van der Waals surface area (Å²) in [6.45, 7) is 5.18. The first kappa shape index (κ1) is 15.1. The fraction of sp³-hybridized carbons (Fsp3) is 0.375. The molecule has 1 aliphatic heterocycles. The topological polar surface area (TPSA) is 51.7 Å². The number of rotatable bonds is 3. The molecule has 2 heterocycles. The van der Waals surface area contributed by atoms with Crippen LogP contribution in [0.4, 0.5) is 5.69 Å². The van der Waals surface area contributed by atoms with Gasteiger partial charge in [0.2, 0.25) is 0 Å². The van der Waals surface area contributed by atoms with Crippen LogP contribution in [0.25, 0.3) is 10.9 Å². The fourth-order valence-electron chi connectivity index (χ4n) is 2.52. The number of fused-ring (bicyclic) bond motifs is 1. The van der Waals surface area contributed by atoms with Crippen molar-refractivity contribution in [3.63, 3.8) is 0 Å². The fourth-order valence-corrected chi connectivity index (χ4v) is 2.79. The molecule has 0 N–H and O–H groups in total. The van der Waals surface area contributed by atoms with Gasteiger partial charge in [0.05, 0.1) is 35.9 Å². The van der Waals surface area contributed by atoms with Crippen LogP contribution in [0.2, 0.25) is 5.02 Å². The minimum atomic E-state index is -0.446. The van der Waals surface area contributed by atoms with E-state index in [1.165, 1.54) is 6.20 Å². The molecule has 1 fully saturated rings. The molecule has 6 heteroatoms. The van der Waals surface area contributed by atoms with Crippen molar-refractivity contribution in [1.29, 1.82) is 0 Å². The monoisotopic (exact) mass is 320 g/mol. The minimum Gasteiger partial charge on any atom is -0.462 e. The smallest absolute Gasteiger partial charge is 0.341 e. The van der Waals surface area contributed by atoms with E-state index in [4.69, 9.17) is 21.1 Å². The first-order valence-electron chi connectivity index (χ1n) is 7.28. The van der Waals surface area contributed by atoms with E-state index in [2.05, 4.69) is 9.88 Å². The van der Waals surface area contributed by atoms with Gasteiger partial charge in [0.15, 0.2) is 0 Å². The molecule has 0 saturated carbocycles. The lowest BCUT2D eigenvalue weighted by Gasteiger charge is -2.29. The maximum atomic E-state index is 11.9. The summed E-state index contributed by atoms with van der Waals surface area (Å²) in [5, 5.41) is 1.15. The summed E-state index contributed by atoms with van der Waals surface area (Å²) in [4.78, 5) is 18.5. The lowest BCUT2D eigenvalue weighted by molar-refractivity contribution is 0.0526. The number of ether oxygens (including phenoxy) is 2. The molecule has 2 aromatic rings. The second kappa shape index (κ2) is 6.50. The van der Waals surface area contributed by atoms with E-state index in [-0.39, 0.29) is 0 Å². The molecule has 0 bridgehead atoms. The van der Waals surface area contributed by atoms with Gasteiger partial charge in [0.25, 0.3) is 0 Å². The second-order valence-electron chi connectivity index (χ2n) is 5.01. The Kier molecular flexibility index (Phi) is 4.45. The molecule has 0 atom stereocenters. The zero-order valence-corrected chi connectivity index (χ0v) is 13.1. The van der Waals surface area contributed by atoms with Crippen LogP contribution < -0.4 is 4.90 Å². The molecule has 3 rings (SSSR count). The highest BCUT2D eigenvalue weighted by molar-refractivity contribution is 6.38. The van der Waals surface area contributed by atoms with Crippen LogP contribution in [0.3, 0.4) is 0 Å². The summed E-state index contributed by atoms with van der Waals surface area (Å²) in [6, 6.07) is 5.90. The normalized spacial score (nSPS) is 15.1. The Morgan fingerprint density at radius 3 is 2.91 bits per heavy atom. The standard InChI is InChI=1S/C16H17ClN2O3/c1-2-22-16(20)13-10-18-14-4-3-11(9-12(14)15(13)17)19-5-7-21-8-6-19/h3-4,9-10H,2,5-8H2,1H3. The third-order valence-corrected chi connectivity index (χ3v) is 4.06. The van der Waals surface area contributed by atoms with Crippen molar-refractivity contribution < 1.29 is 14.3 Å². The highest BCUT2D eigenvalue weighted by Crippen LogP contribution is 2.30. The van der Waals surface area contributed by atoms with Crippen LogP contribution in [0.5, 0.6) is 0 Å². The zero-order valence-electron chi connectivity index (χ0n) is 12.3. The van der Waals surface area contributed by atoms with E-state index in [1.807, 2.05) is 18.2 Å². The largest absolute Gasteiger partial charge is 0.462 e. The summed E-state index contributed by atoms with van der Waals surface area (Å²) in [7, 11) is 0. The Hall–Kier alpha value is -1.85. The van der Waals surface area contributed by atoms with Crippen LogP contribution in [-0.2, 0) is 9.47 Å². The van der Waals surface area contributed by atoms with Gasteiger partial charge in [0.1, 0.15) is 0 Å². The third-order valence-electron chi connectivity index (χ3n) is 3.66. The average molecular weight is 321 g/mol. The molecular formula is C16H17ClN2O3. The molecule has 22 heavy (non-hydrogen) atoms. The van der Waals surface area contributed by atoms with Crippen LogP contribution in [0, 0.1) is 0 Å². The number of benzene rings is 1. The van der Waals surface area contributed by atoms with Gasteiger partial charge in [-0.3, -0.25) is 4.98 Å². The minimum absolute atomic E-state index is 0.301. The number of hydrogen-bond acceptors (Lipinski definition) is 5. The van der Waals surface area contributed by atoms with Gasteiger partial charge >= 0.3 is 5.97 Å². The molecule has 0 unspecified atom stereocenters. The predicted octanol–water partition coefficient (Wildman–Crippen LogP) is 2.90. The number of esters is 1. The molecule has 1 aromatic heterocycles. The first-order valence-corrected chi connectivity index (χ1v) is 7.66. The molecule has 116 valence electrons. The van der Waals surface area contributed by atoms with Crippen molar-refractivity contribution in [3.8, 4) is 0 Å². The lowest BCUT2D eigenvalue weighted by atomic mass is 10.1. The molecule has 1 aliphatic rings. The number of aromatic nitrogens is 1. The number of carbonyl (C=O) groups excluding carboxylic acids is 1. The summed E-state index contributed by atoms with van der Waals surface area (Å²) in [5.74, 6) is -0.446. The third kappa shape index (κ3) is 2.87. The van der Waals surface area contributed by atoms with E-state index in [0.717, 1.165) is 29.7 Å². The van der Waals surface area contributed by atoms with Gasteiger partial charge in [-0.25, -0.2) is 4.79 Å². The molecule has 1 aromatic carbocycles. The molecular weight excluding hydrogens is 304 g/mol. The van der Waals surface area contributed by atoms with Gasteiger partial charge in [0, 0.05) is 30.4 Å². The number of carbonyl (C=O) groups is 1. The van der Waals surface area contributed by atoms with Gasteiger partial charge in [-0.1, -0.05) is 11.6 Å². The molecule has 1 saturated heterocycles. The SMILES string of the molecule is CCOC(=O)c1cnc2ccc(N3CCOCC3)cc2c1Cl. The van der Waals surface area contributed by atoms with Gasteiger partial charge in [-0.2, -0.15) is 0 Å². The van der Waals surface area contributed by atoms with Crippen molar-refractivity contribution in [1.82, 2.24) is 4.98 Å². The van der Waals surface area contributed by atoms with Crippen molar-refractivity contribution in [2.75, 3.05) is 37.8 Å². The van der Waals surface area contributed by atoms with Crippen molar-refractivity contribution >= 4 is 34.2 Å². The molecule has 0 spiro atoms. The Bertz CT molecular complexity index is 699. The molecule has 0 aliphatic carbocycles. The number of anilines is 1. The Morgan fingerprint density at radius 2 is 2.18 bits per heavy atom. The van der Waals surface area contributed by atoms with E-state index in [0.29, 0.717) is 30.4 Å². The number of nitrogens with zero attached hydrogens (tertiary/aromatic N) is 2. The summed E-state index contributed by atoms with van der Waals surface area (Å²) in [6.07, 6.45) is 1.47. The molecule has 0 radical (unpaired) electrons. The van der Waals surface area contributed by atoms with E-state index < -0.39 is 5.97 Å². The zero-order chi connectivity index (χ0) is 15.5. The molecule has 5 nitrogen and oxygen atoms in total. The number of halogens is 1. The first-order chi connectivity index (χ1) is 10.7. The summed E-state index contributed by atoms with van der Waals surface area (Å²) < 4.78 is 10.4. The second-order valence-corrected chi connectivity index (χ2v) is 5.39. The van der Waals surface area contributed by atoms with Crippen molar-refractivity contribution in [2.45, 2.75) is 6.92 Å². The van der Waals surface area contributed by atoms with E-state index in [1.54, 1.807) is 6.92 Å². The Labute approximate surface area is 133 Å². The van der Waals surface area contributed by atoms with Gasteiger partial charge in [-0.15, -0.1) is 0 Å². The van der Waals surface area contributed by atoms with Gasteiger partial charge in [-0.05, 0) is 25.1 Å². The highest BCUT2D eigenvalue weighted by atomic mass is 35.5. The Balaban J connectivity index is 2.01. The van der Waals surface area contributed by atoms with Crippen LogP contribution in [0.1, 0.15) is 17.3 Å². The maximum Gasteiger partial charge on any atom is 0.341 e. The predicted molar refractivity (Wildman–Crippen MR) is 85.7 cm³/mol. The number of morpholine rings is 1. The number of hydrogen-bond donors (Lipinski definition) is 0. The van der Waals surface area contributed by atoms with Crippen molar-refractivity contribution in [3.05, 3.63) is 35.0 Å². The van der Waals surface area contributed by atoms with E-state index in [9.17, 15) is 4.79 Å². The van der Waals surface area contributed by atoms with Crippen molar-refractivity contribution in [2.24, 2.45) is 0 Å². The lowest BCUT2D eigenvalue weighted by Crippen LogP contribution is -2.36. The van der Waals surface area contributed by atoms with Gasteiger partial charge < -0.3 is 14.4 Å². The number of pyridine rings is 1. The highest BCUT2D eigenvalue weighted by Gasteiger charge is 2.17. The van der Waals surface area contributed by atoms with Crippen LogP contribution in [-0.4, -0.2) is 43.9 Å². The summed E-state index contributed by atoms with van der Waals surface area (Å²) >= 11 is 6.40. The van der Waals surface area contributed by atoms with Crippen LogP contribution in [0.15, 0.2) is 24.4 Å². The van der Waals surface area contributed by atoms with Crippen LogP contribution >= 0.6 is 11.6 Å². The average Bonchev–Trinajstić information content (AvgIpc) is 2.56. The Morgan fingerprint density at radius 1 is 1.41 bits per heavy atom. The quantitative estimate of drug-likeness (QED) is 0.814. The van der Waals surface area contributed by atoms with E-state index >= 15 is 0 Å². The molecule has 0 amide bonds. The summed E-state index contributed by atoms with van der Waals surface area (Å²) in [5.41, 5.74) is 2.12.